The zero-order chi connectivity index (χ0) is 21.1. The van der Waals surface area contributed by atoms with E-state index >= 15 is 0 Å². The van der Waals surface area contributed by atoms with Gasteiger partial charge in [0, 0.05) is 39.8 Å². The van der Waals surface area contributed by atoms with Gasteiger partial charge in [0.05, 0.1) is 18.8 Å². The minimum absolute atomic E-state index is 0.273. The molecule has 2 aromatic heterocycles. The highest BCUT2D eigenvalue weighted by Gasteiger charge is 2.10. The van der Waals surface area contributed by atoms with Crippen molar-refractivity contribution in [2.24, 2.45) is 5.10 Å². The number of rotatable bonds is 5. The van der Waals surface area contributed by atoms with Gasteiger partial charge in [-0.3, -0.25) is 9.78 Å². The maximum atomic E-state index is 12.3. The van der Waals surface area contributed by atoms with Crippen LogP contribution in [0.15, 0.2) is 72.0 Å². The number of pyridine rings is 1. The summed E-state index contributed by atoms with van der Waals surface area (Å²) in [5, 5.41) is 5.23. The van der Waals surface area contributed by atoms with Crippen LogP contribution in [0.25, 0.3) is 16.6 Å². The summed E-state index contributed by atoms with van der Waals surface area (Å²) in [5.74, 6) is 0.428. The van der Waals surface area contributed by atoms with E-state index in [0.29, 0.717) is 11.3 Å². The molecule has 0 fully saturated rings. The van der Waals surface area contributed by atoms with E-state index in [1.165, 1.54) is 0 Å². The predicted octanol–water partition coefficient (Wildman–Crippen LogP) is 4.41. The van der Waals surface area contributed by atoms with E-state index in [0.717, 1.165) is 33.5 Å². The SMILES string of the molecule is COc1ccc(C(=O)N/N=C\c2cc(C)n(-c3ccc4ncccc4c3)c2C)cc1. The van der Waals surface area contributed by atoms with Crippen molar-refractivity contribution in [3.8, 4) is 11.4 Å². The molecule has 0 spiro atoms. The number of aryl methyl sites for hydroxylation is 1. The Bertz CT molecular complexity index is 1240. The molecule has 6 heteroatoms. The van der Waals surface area contributed by atoms with Crippen molar-refractivity contribution < 1.29 is 9.53 Å². The van der Waals surface area contributed by atoms with Crippen molar-refractivity contribution in [1.29, 1.82) is 0 Å². The number of hydrazone groups is 1. The highest BCUT2D eigenvalue weighted by molar-refractivity contribution is 5.95. The summed E-state index contributed by atoms with van der Waals surface area (Å²) in [4.78, 5) is 16.6. The Morgan fingerprint density at radius 2 is 1.90 bits per heavy atom. The summed E-state index contributed by atoms with van der Waals surface area (Å²) in [6, 6.07) is 19.1. The number of methoxy groups -OCH3 is 1. The van der Waals surface area contributed by atoms with E-state index in [1.807, 2.05) is 32.0 Å². The lowest BCUT2D eigenvalue weighted by Crippen LogP contribution is -2.17. The van der Waals surface area contributed by atoms with Crippen molar-refractivity contribution in [2.45, 2.75) is 13.8 Å². The molecule has 0 saturated carbocycles. The lowest BCUT2D eigenvalue weighted by molar-refractivity contribution is 0.0955. The zero-order valence-electron chi connectivity index (χ0n) is 17.1. The third-order valence-corrected chi connectivity index (χ3v) is 5.04. The van der Waals surface area contributed by atoms with Crippen LogP contribution < -0.4 is 10.2 Å². The smallest absolute Gasteiger partial charge is 0.271 e. The van der Waals surface area contributed by atoms with Crippen LogP contribution in [0.2, 0.25) is 0 Å². The summed E-state index contributed by atoms with van der Waals surface area (Å²) >= 11 is 0. The molecule has 4 aromatic rings. The molecule has 0 unspecified atom stereocenters. The Hall–Kier alpha value is -3.93. The van der Waals surface area contributed by atoms with Gasteiger partial charge in [0.15, 0.2) is 0 Å². The number of benzene rings is 2. The molecular weight excluding hydrogens is 376 g/mol. The second kappa shape index (κ2) is 8.21. The highest BCUT2D eigenvalue weighted by atomic mass is 16.5. The number of hydrogen-bond acceptors (Lipinski definition) is 4. The van der Waals surface area contributed by atoms with Gasteiger partial charge in [0.25, 0.3) is 5.91 Å². The molecule has 0 atom stereocenters. The van der Waals surface area contributed by atoms with Gasteiger partial charge in [0.1, 0.15) is 5.75 Å². The summed E-state index contributed by atoms with van der Waals surface area (Å²) in [6.07, 6.45) is 3.46. The van der Waals surface area contributed by atoms with Crippen LogP contribution in [-0.2, 0) is 0 Å². The first-order valence-corrected chi connectivity index (χ1v) is 9.58. The quantitative estimate of drug-likeness (QED) is 0.400. The highest BCUT2D eigenvalue weighted by Crippen LogP contribution is 2.23. The average molecular weight is 398 g/mol. The summed E-state index contributed by atoms with van der Waals surface area (Å²) in [5.41, 5.74) is 8.18. The van der Waals surface area contributed by atoms with Crippen molar-refractivity contribution >= 4 is 23.0 Å². The molecule has 1 amide bonds. The van der Waals surface area contributed by atoms with Gasteiger partial charge in [-0.2, -0.15) is 5.10 Å². The Balaban J connectivity index is 1.54. The largest absolute Gasteiger partial charge is 0.497 e. The number of ether oxygens (including phenoxy) is 1. The van der Waals surface area contributed by atoms with Crippen LogP contribution in [0.5, 0.6) is 5.75 Å². The number of hydrogen-bond donors (Lipinski definition) is 1. The van der Waals surface area contributed by atoms with Gasteiger partial charge in [0.2, 0.25) is 0 Å². The molecule has 4 rings (SSSR count). The van der Waals surface area contributed by atoms with Crippen LogP contribution >= 0.6 is 0 Å². The van der Waals surface area contributed by atoms with Crippen molar-refractivity contribution in [1.82, 2.24) is 15.0 Å². The van der Waals surface area contributed by atoms with Gasteiger partial charge >= 0.3 is 0 Å². The molecule has 30 heavy (non-hydrogen) atoms. The van der Waals surface area contributed by atoms with E-state index in [1.54, 1.807) is 43.8 Å². The molecular formula is C24H22N4O2. The van der Waals surface area contributed by atoms with Crippen molar-refractivity contribution in [3.05, 3.63) is 89.4 Å². The maximum Gasteiger partial charge on any atom is 0.271 e. The summed E-state index contributed by atoms with van der Waals surface area (Å²) < 4.78 is 7.27. The Morgan fingerprint density at radius 3 is 2.67 bits per heavy atom. The monoisotopic (exact) mass is 398 g/mol. The second-order valence-electron chi connectivity index (χ2n) is 6.97. The summed E-state index contributed by atoms with van der Waals surface area (Å²) in [6.45, 7) is 4.08. The Kier molecular flexibility index (Phi) is 5.30. The van der Waals surface area contributed by atoms with E-state index in [-0.39, 0.29) is 5.91 Å². The molecule has 150 valence electrons. The van der Waals surface area contributed by atoms with E-state index < -0.39 is 0 Å². The number of carbonyl (C=O) groups is 1. The lowest BCUT2D eigenvalue weighted by atomic mass is 10.2. The number of fused-ring (bicyclic) bond motifs is 1. The van der Waals surface area contributed by atoms with Crippen LogP contribution in [0.1, 0.15) is 27.3 Å². The third-order valence-electron chi connectivity index (χ3n) is 5.04. The third kappa shape index (κ3) is 3.80. The first-order valence-electron chi connectivity index (χ1n) is 9.58. The van der Waals surface area contributed by atoms with Gasteiger partial charge in [-0.15, -0.1) is 0 Å². The molecule has 0 bridgehead atoms. The van der Waals surface area contributed by atoms with E-state index in [4.69, 9.17) is 4.74 Å². The number of nitrogens with zero attached hydrogens (tertiary/aromatic N) is 3. The molecule has 0 saturated heterocycles. The van der Waals surface area contributed by atoms with E-state index in [2.05, 4.69) is 38.3 Å². The van der Waals surface area contributed by atoms with Gasteiger partial charge < -0.3 is 9.30 Å². The molecule has 2 heterocycles. The second-order valence-corrected chi connectivity index (χ2v) is 6.97. The van der Waals surface area contributed by atoms with Crippen LogP contribution in [0, 0.1) is 13.8 Å². The predicted molar refractivity (Wildman–Crippen MR) is 119 cm³/mol. The lowest BCUT2D eigenvalue weighted by Gasteiger charge is -2.10. The first-order chi connectivity index (χ1) is 14.6. The Morgan fingerprint density at radius 1 is 1.10 bits per heavy atom. The molecule has 0 radical (unpaired) electrons. The zero-order valence-corrected chi connectivity index (χ0v) is 17.1. The Labute approximate surface area is 174 Å². The first kappa shape index (κ1) is 19.4. The number of aromatic nitrogens is 2. The molecule has 2 aromatic carbocycles. The molecule has 0 aliphatic carbocycles. The number of amides is 1. The average Bonchev–Trinajstić information content (AvgIpc) is 3.06. The van der Waals surface area contributed by atoms with Gasteiger partial charge in [-0.1, -0.05) is 6.07 Å². The molecule has 1 N–H and O–H groups in total. The minimum atomic E-state index is -0.273. The number of nitrogens with one attached hydrogen (secondary N) is 1. The normalized spacial score (nSPS) is 11.2. The van der Waals surface area contributed by atoms with Crippen molar-refractivity contribution in [2.75, 3.05) is 7.11 Å². The number of carbonyl (C=O) groups excluding carboxylic acids is 1. The molecule has 0 aliphatic heterocycles. The topological polar surface area (TPSA) is 68.5 Å². The standard InChI is InChI=1S/C24H22N4O2/c1-16-13-20(15-26-27-24(29)18-6-9-22(30-3)10-7-18)17(2)28(16)21-8-11-23-19(14-21)5-4-12-25-23/h4-15H,1-3H3,(H,27,29)/b26-15-. The minimum Gasteiger partial charge on any atom is -0.497 e. The van der Waals surface area contributed by atoms with Crippen LogP contribution in [0.4, 0.5) is 0 Å². The van der Waals surface area contributed by atoms with E-state index in [9.17, 15) is 4.79 Å². The van der Waals surface area contributed by atoms with Crippen molar-refractivity contribution in [3.63, 3.8) is 0 Å². The molecule has 0 aliphatic rings. The maximum absolute atomic E-state index is 12.3. The van der Waals surface area contributed by atoms with Crippen LogP contribution in [-0.4, -0.2) is 28.8 Å². The van der Waals surface area contributed by atoms with Gasteiger partial charge in [-0.05, 0) is 68.4 Å². The fourth-order valence-corrected chi connectivity index (χ4v) is 3.49. The fraction of sp³-hybridized carbons (Fsp3) is 0.125. The van der Waals surface area contributed by atoms with Crippen LogP contribution in [0.3, 0.4) is 0 Å². The van der Waals surface area contributed by atoms with Gasteiger partial charge in [-0.25, -0.2) is 5.43 Å². The summed E-state index contributed by atoms with van der Waals surface area (Å²) in [7, 11) is 1.59. The fourth-order valence-electron chi connectivity index (χ4n) is 3.49. The molecule has 6 nitrogen and oxygen atoms in total.